The Morgan fingerprint density at radius 3 is 1.35 bits per heavy atom. The molecule has 302 valence electrons. The summed E-state index contributed by atoms with van der Waals surface area (Å²) in [5, 5.41) is 42.6. The summed E-state index contributed by atoms with van der Waals surface area (Å²) in [7, 11) is 3.53. The van der Waals surface area contributed by atoms with Crippen LogP contribution in [0.5, 0.6) is 11.5 Å². The second kappa shape index (κ2) is 18.5. The highest BCUT2D eigenvalue weighted by Gasteiger charge is 2.18. The van der Waals surface area contributed by atoms with Crippen LogP contribution in [0.25, 0.3) is 21.5 Å². The largest absolute Gasteiger partial charge is 0.506 e. The molecule has 0 spiro atoms. The van der Waals surface area contributed by atoms with Crippen molar-refractivity contribution in [3.63, 3.8) is 0 Å². The van der Waals surface area contributed by atoms with E-state index in [2.05, 4.69) is 20.5 Å². The van der Waals surface area contributed by atoms with Gasteiger partial charge in [-0.05, 0) is 95.5 Å². The Bertz CT molecular complexity index is 2550. The number of nitrogens with zero attached hydrogens (tertiary/aromatic N) is 8. The zero-order valence-electron chi connectivity index (χ0n) is 34.2. The molecule has 2 N–H and O–H groups in total. The fraction of sp³-hybridized carbons (Fsp3) is 0.208. The maximum Gasteiger partial charge on any atom is 0.350 e. The molecule has 0 unspecified atom stereocenters. The van der Waals surface area contributed by atoms with Crippen molar-refractivity contribution in [2.24, 2.45) is 20.5 Å². The minimum Gasteiger partial charge on any atom is -0.506 e. The lowest BCUT2D eigenvalue weighted by Crippen LogP contribution is -2.36. The predicted octanol–water partition coefficient (Wildman–Crippen LogP) is 9.75. The molecule has 60 heavy (non-hydrogen) atoms. The molecule has 2 aromatic heterocycles. The van der Waals surface area contributed by atoms with Gasteiger partial charge < -0.3 is 20.0 Å². The maximum absolute atomic E-state index is 13.3. The highest BCUT2D eigenvalue weighted by molar-refractivity contribution is 5.98. The summed E-state index contributed by atoms with van der Waals surface area (Å²) in [4.78, 5) is 30.0. The second-order valence-electron chi connectivity index (χ2n) is 15.0. The molecule has 12 heteroatoms. The van der Waals surface area contributed by atoms with Crippen molar-refractivity contribution in [1.29, 1.82) is 0 Å². The van der Waals surface area contributed by atoms with Gasteiger partial charge in [0.25, 0.3) is 11.8 Å². The van der Waals surface area contributed by atoms with Crippen LogP contribution >= 0.6 is 0 Å². The molecule has 2 amide bonds. The molecule has 0 radical (unpaired) electrons. The second-order valence-corrected chi connectivity index (χ2v) is 15.0. The fourth-order valence-corrected chi connectivity index (χ4v) is 7.07. The van der Waals surface area contributed by atoms with Crippen molar-refractivity contribution < 1.29 is 28.9 Å². The van der Waals surface area contributed by atoms with Crippen molar-refractivity contribution in [2.75, 3.05) is 27.2 Å². The minimum atomic E-state index is -0.138. The zero-order chi connectivity index (χ0) is 42.2. The molecule has 0 atom stereocenters. The van der Waals surface area contributed by atoms with Gasteiger partial charge in [-0.1, -0.05) is 59.7 Å². The molecular formula is C48H48N8O4+2. The lowest BCUT2D eigenvalue weighted by atomic mass is 10.1. The standard InChI is InChI=1S/C48H46N8O4/c1-33-13-15-35-21-23-41(57)45(39(35)31-33)51-49-43-11-5-7-27-55(43)29-9-25-53(3)47(59)37-17-19-38(20-18-37)48(60)54(4)26-10-30-56-28-8-6-12-44(56)50-52-46-40-32-34(2)14-16-36(40)22-24-42(46)58/h5-8,11-24,27-28,31-32H,9-10,25-26,29-30H2,1-4H3/p+2. The summed E-state index contributed by atoms with van der Waals surface area (Å²) in [6.45, 7) is 6.18. The smallest absolute Gasteiger partial charge is 0.350 e. The molecular weight excluding hydrogens is 753 g/mol. The van der Waals surface area contributed by atoms with Gasteiger partial charge >= 0.3 is 11.6 Å². The Balaban J connectivity index is 0.907. The van der Waals surface area contributed by atoms with E-state index in [0.29, 0.717) is 73.2 Å². The first-order valence-corrected chi connectivity index (χ1v) is 19.9. The average Bonchev–Trinajstić information content (AvgIpc) is 3.26. The molecule has 0 saturated carbocycles. The number of azo groups is 2. The van der Waals surface area contributed by atoms with E-state index in [0.717, 1.165) is 32.7 Å². The Hall–Kier alpha value is -7.34. The number of phenols is 2. The van der Waals surface area contributed by atoms with Gasteiger partial charge in [0.1, 0.15) is 11.5 Å². The number of hydrogen-bond donors (Lipinski definition) is 2. The lowest BCUT2D eigenvalue weighted by Gasteiger charge is -2.18. The highest BCUT2D eigenvalue weighted by atomic mass is 16.3. The van der Waals surface area contributed by atoms with E-state index < -0.39 is 0 Å². The Morgan fingerprint density at radius 1 is 0.533 bits per heavy atom. The number of aromatic nitrogens is 2. The number of carbonyl (C=O) groups is 2. The predicted molar refractivity (Wildman–Crippen MR) is 232 cm³/mol. The summed E-state index contributed by atoms with van der Waals surface area (Å²) in [5.74, 6) is 1.10. The normalized spacial score (nSPS) is 11.5. The first kappa shape index (κ1) is 40.8. The summed E-state index contributed by atoms with van der Waals surface area (Å²) in [5.41, 5.74) is 3.96. The van der Waals surface area contributed by atoms with E-state index in [1.165, 1.54) is 0 Å². The van der Waals surface area contributed by atoms with E-state index in [1.807, 2.05) is 120 Å². The highest BCUT2D eigenvalue weighted by Crippen LogP contribution is 2.37. The van der Waals surface area contributed by atoms with Gasteiger partial charge in [-0.3, -0.25) is 9.59 Å². The molecule has 0 aliphatic heterocycles. The van der Waals surface area contributed by atoms with Gasteiger partial charge in [0.2, 0.25) is 0 Å². The maximum atomic E-state index is 13.3. The average molecular weight is 801 g/mol. The van der Waals surface area contributed by atoms with Crippen LogP contribution in [-0.4, -0.2) is 59.0 Å². The molecule has 7 aromatic rings. The Kier molecular flexibility index (Phi) is 12.6. The van der Waals surface area contributed by atoms with E-state index in [-0.39, 0.29) is 23.3 Å². The van der Waals surface area contributed by atoms with Crippen LogP contribution in [0.15, 0.2) is 154 Å². The third-order valence-corrected chi connectivity index (χ3v) is 10.5. The van der Waals surface area contributed by atoms with Crippen LogP contribution < -0.4 is 9.13 Å². The fourth-order valence-electron chi connectivity index (χ4n) is 7.07. The van der Waals surface area contributed by atoms with Crippen LogP contribution in [0.4, 0.5) is 23.0 Å². The van der Waals surface area contributed by atoms with Gasteiger partial charge in [-0.25, -0.2) is 9.13 Å². The third kappa shape index (κ3) is 9.50. The molecule has 0 bridgehead atoms. The molecule has 0 aliphatic rings. The monoisotopic (exact) mass is 800 g/mol. The molecule has 5 aromatic carbocycles. The minimum absolute atomic E-state index is 0.0632. The van der Waals surface area contributed by atoms with Crippen LogP contribution in [-0.2, 0) is 13.1 Å². The molecule has 7 rings (SSSR count). The van der Waals surface area contributed by atoms with Crippen LogP contribution in [0.1, 0.15) is 44.7 Å². The van der Waals surface area contributed by atoms with Crippen molar-refractivity contribution in [1.82, 2.24) is 9.80 Å². The molecule has 0 fully saturated rings. The van der Waals surface area contributed by atoms with Gasteiger partial charge in [0.15, 0.2) is 11.4 Å². The number of aromatic hydroxyl groups is 2. The number of benzene rings is 5. The number of hydrogen-bond acceptors (Lipinski definition) is 8. The number of phenolic OH excluding ortho intramolecular Hbond substituents is 2. The van der Waals surface area contributed by atoms with Gasteiger partial charge in [-0.15, -0.1) is 0 Å². The lowest BCUT2D eigenvalue weighted by molar-refractivity contribution is -0.684. The quantitative estimate of drug-likeness (QED) is 0.0836. The Labute approximate surface area is 349 Å². The number of pyridine rings is 2. The first-order chi connectivity index (χ1) is 29.0. The third-order valence-electron chi connectivity index (χ3n) is 10.5. The summed E-state index contributed by atoms with van der Waals surface area (Å²) in [6, 6.07) is 37.1. The molecule has 0 aliphatic carbocycles. The van der Waals surface area contributed by atoms with E-state index >= 15 is 0 Å². The molecule has 12 nitrogen and oxygen atoms in total. The van der Waals surface area contributed by atoms with Crippen molar-refractivity contribution in [2.45, 2.75) is 39.8 Å². The van der Waals surface area contributed by atoms with Gasteiger partial charge in [0.05, 0.1) is 35.7 Å². The van der Waals surface area contributed by atoms with E-state index in [9.17, 15) is 19.8 Å². The first-order valence-electron chi connectivity index (χ1n) is 19.9. The van der Waals surface area contributed by atoms with Gasteiger partial charge in [0, 0.05) is 74.1 Å². The number of fused-ring (bicyclic) bond motifs is 2. The zero-order valence-corrected chi connectivity index (χ0v) is 34.2. The number of rotatable bonds is 14. The summed E-state index contributed by atoms with van der Waals surface area (Å²) < 4.78 is 3.94. The van der Waals surface area contributed by atoms with Crippen molar-refractivity contribution in [3.05, 3.63) is 156 Å². The van der Waals surface area contributed by atoms with Gasteiger partial charge in [-0.2, -0.15) is 0 Å². The van der Waals surface area contributed by atoms with Crippen molar-refractivity contribution >= 4 is 56.4 Å². The Morgan fingerprint density at radius 2 is 0.933 bits per heavy atom. The number of amides is 2. The van der Waals surface area contributed by atoms with E-state index in [4.69, 9.17) is 0 Å². The number of aryl methyl sites for hydroxylation is 4. The summed E-state index contributed by atoms with van der Waals surface area (Å²) in [6.07, 6.45) is 5.17. The van der Waals surface area contributed by atoms with Crippen molar-refractivity contribution in [3.8, 4) is 11.5 Å². The SMILES string of the molecule is Cc1ccc2ccc(O)c(N=Nc3cccc[n+]3CCCN(C)C(=O)c3ccc(C(=O)N(C)CCC[n+]4ccccc4N=Nc4c(O)ccc5ccc(C)cc45)cc3)c2c1. The topological polar surface area (TPSA) is 138 Å². The van der Waals surface area contributed by atoms with Crippen LogP contribution in [0, 0.1) is 13.8 Å². The van der Waals surface area contributed by atoms with E-state index in [1.54, 1.807) is 60.3 Å². The van der Waals surface area contributed by atoms with Crippen LogP contribution in [0.2, 0.25) is 0 Å². The molecule has 2 heterocycles. The number of carbonyl (C=O) groups excluding carboxylic acids is 2. The van der Waals surface area contributed by atoms with Crippen LogP contribution in [0.3, 0.4) is 0 Å². The molecule has 0 saturated heterocycles. The summed E-state index contributed by atoms with van der Waals surface area (Å²) >= 11 is 0.